The number of aromatic nitrogens is 3. The van der Waals surface area contributed by atoms with Crippen molar-refractivity contribution in [3.8, 4) is 0 Å². The maximum absolute atomic E-state index is 12.7. The van der Waals surface area contributed by atoms with Gasteiger partial charge in [-0.2, -0.15) is 0 Å². The van der Waals surface area contributed by atoms with Crippen molar-refractivity contribution >= 4 is 17.7 Å². The number of rotatable bonds is 5. The zero-order valence-electron chi connectivity index (χ0n) is 15.2. The van der Waals surface area contributed by atoms with E-state index in [-0.39, 0.29) is 16.8 Å². The molecular formula is C19H24N4O2S. The Morgan fingerprint density at radius 3 is 3.00 bits per heavy atom. The molecule has 0 N–H and O–H groups in total. The summed E-state index contributed by atoms with van der Waals surface area (Å²) in [4.78, 5) is 14.7. The first kappa shape index (κ1) is 17.5. The molecule has 138 valence electrons. The van der Waals surface area contributed by atoms with E-state index < -0.39 is 0 Å². The lowest BCUT2D eigenvalue weighted by atomic mass is 10.1. The zero-order valence-corrected chi connectivity index (χ0v) is 16.0. The highest BCUT2D eigenvalue weighted by atomic mass is 32.2. The first-order chi connectivity index (χ1) is 12.5. The van der Waals surface area contributed by atoms with Gasteiger partial charge in [0.1, 0.15) is 6.33 Å². The van der Waals surface area contributed by atoms with E-state index in [9.17, 15) is 4.79 Å². The van der Waals surface area contributed by atoms with Crippen molar-refractivity contribution in [3.05, 3.63) is 41.7 Å². The Morgan fingerprint density at radius 1 is 1.42 bits per heavy atom. The van der Waals surface area contributed by atoms with Gasteiger partial charge in [0.05, 0.1) is 18.6 Å². The monoisotopic (exact) mass is 372 g/mol. The minimum Gasteiger partial charge on any atom is -0.371 e. The standard InChI is InChI=1S/C19H24N4O2S/c1-14(26-18-21-20-13-22(18)2)16-5-3-4-15(10-16)11-17(24)23-8-9-25-19(12-23)6-7-19/h3-5,10,13-14H,6-9,11-12H2,1-2H3/t14-/m0/s1. The molecule has 2 fully saturated rings. The number of ether oxygens (including phenoxy) is 1. The lowest BCUT2D eigenvalue weighted by Gasteiger charge is -2.33. The largest absolute Gasteiger partial charge is 0.371 e. The molecule has 1 saturated carbocycles. The van der Waals surface area contributed by atoms with E-state index in [0.29, 0.717) is 19.6 Å². The minimum absolute atomic E-state index is 0.0169. The van der Waals surface area contributed by atoms with E-state index >= 15 is 0 Å². The summed E-state index contributed by atoms with van der Waals surface area (Å²) in [6.07, 6.45) is 4.33. The van der Waals surface area contributed by atoms with Crippen molar-refractivity contribution in [2.75, 3.05) is 19.7 Å². The molecule has 1 aliphatic heterocycles. The van der Waals surface area contributed by atoms with E-state index in [1.54, 1.807) is 18.1 Å². The van der Waals surface area contributed by atoms with Crippen LogP contribution in [-0.4, -0.2) is 50.9 Å². The van der Waals surface area contributed by atoms with Crippen LogP contribution in [-0.2, 0) is 23.0 Å². The summed E-state index contributed by atoms with van der Waals surface area (Å²) in [7, 11) is 1.94. The summed E-state index contributed by atoms with van der Waals surface area (Å²) in [5.41, 5.74) is 2.25. The highest BCUT2D eigenvalue weighted by Gasteiger charge is 2.48. The van der Waals surface area contributed by atoms with Crippen molar-refractivity contribution in [2.45, 2.75) is 42.2 Å². The Hall–Kier alpha value is -1.86. The molecular weight excluding hydrogens is 348 g/mol. The Balaban J connectivity index is 1.40. The van der Waals surface area contributed by atoms with Gasteiger partial charge in [-0.15, -0.1) is 10.2 Å². The average Bonchev–Trinajstić information content (AvgIpc) is 3.26. The van der Waals surface area contributed by atoms with Crippen molar-refractivity contribution < 1.29 is 9.53 Å². The van der Waals surface area contributed by atoms with E-state index in [1.807, 2.05) is 28.6 Å². The number of carbonyl (C=O) groups is 1. The van der Waals surface area contributed by atoms with Gasteiger partial charge >= 0.3 is 0 Å². The van der Waals surface area contributed by atoms with Crippen LogP contribution in [0.1, 0.15) is 36.1 Å². The van der Waals surface area contributed by atoms with Crippen molar-refractivity contribution in [1.29, 1.82) is 0 Å². The van der Waals surface area contributed by atoms with Crippen molar-refractivity contribution in [2.24, 2.45) is 7.05 Å². The second-order valence-corrected chi connectivity index (χ2v) is 8.56. The predicted molar refractivity (Wildman–Crippen MR) is 99.9 cm³/mol. The van der Waals surface area contributed by atoms with Crippen LogP contribution in [0.4, 0.5) is 0 Å². The minimum atomic E-state index is -0.0169. The topological polar surface area (TPSA) is 60.2 Å². The number of nitrogens with zero attached hydrogens (tertiary/aromatic N) is 4. The molecule has 1 aliphatic carbocycles. The van der Waals surface area contributed by atoms with E-state index in [1.165, 1.54) is 5.56 Å². The third-order valence-corrected chi connectivity index (χ3v) is 6.34. The number of carbonyl (C=O) groups excluding carboxylic acids is 1. The molecule has 4 rings (SSSR count). The SMILES string of the molecule is C[C@H](Sc1nncn1C)c1cccc(CC(=O)N2CCOC3(CC3)C2)c1. The van der Waals surface area contributed by atoms with E-state index in [2.05, 4.69) is 29.3 Å². The third kappa shape index (κ3) is 3.78. The fourth-order valence-corrected chi connectivity index (χ4v) is 4.25. The average molecular weight is 372 g/mol. The number of hydrogen-bond acceptors (Lipinski definition) is 5. The zero-order chi connectivity index (χ0) is 18.1. The third-order valence-electron chi connectivity index (χ3n) is 5.14. The molecule has 7 heteroatoms. The molecule has 2 aliphatic rings. The maximum Gasteiger partial charge on any atom is 0.227 e. The molecule has 1 spiro atoms. The van der Waals surface area contributed by atoms with Crippen molar-refractivity contribution in [1.82, 2.24) is 19.7 Å². The van der Waals surface area contributed by atoms with E-state index in [4.69, 9.17) is 4.74 Å². The maximum atomic E-state index is 12.7. The molecule has 6 nitrogen and oxygen atoms in total. The number of morpholine rings is 1. The highest BCUT2D eigenvalue weighted by molar-refractivity contribution is 7.99. The first-order valence-electron chi connectivity index (χ1n) is 9.06. The first-order valence-corrected chi connectivity index (χ1v) is 9.94. The van der Waals surface area contributed by atoms with E-state index in [0.717, 1.165) is 30.1 Å². The van der Waals surface area contributed by atoms with Crippen LogP contribution < -0.4 is 0 Å². The van der Waals surface area contributed by atoms with Gasteiger partial charge in [0.2, 0.25) is 5.91 Å². The van der Waals surface area contributed by atoms with Gasteiger partial charge in [0.25, 0.3) is 0 Å². The highest BCUT2D eigenvalue weighted by Crippen LogP contribution is 2.42. The summed E-state index contributed by atoms with van der Waals surface area (Å²) in [6, 6.07) is 8.32. The summed E-state index contributed by atoms with van der Waals surface area (Å²) >= 11 is 1.67. The fraction of sp³-hybridized carbons (Fsp3) is 0.526. The molecule has 1 aromatic carbocycles. The number of benzene rings is 1. The van der Waals surface area contributed by atoms with Gasteiger partial charge in [-0.1, -0.05) is 36.0 Å². The summed E-state index contributed by atoms with van der Waals surface area (Å²) in [6.45, 7) is 4.28. The van der Waals surface area contributed by atoms with Crippen LogP contribution in [0.15, 0.2) is 35.7 Å². The quantitative estimate of drug-likeness (QED) is 0.755. The van der Waals surface area contributed by atoms with Crippen LogP contribution in [0.25, 0.3) is 0 Å². The number of hydrogen-bond donors (Lipinski definition) is 0. The summed E-state index contributed by atoms with van der Waals surface area (Å²) < 4.78 is 7.72. The molecule has 2 heterocycles. The predicted octanol–water partition coefficient (Wildman–Crippen LogP) is 2.60. The molecule has 0 bridgehead atoms. The second kappa shape index (κ2) is 7.04. The van der Waals surface area contributed by atoms with Crippen LogP contribution >= 0.6 is 11.8 Å². The Kier molecular flexibility index (Phi) is 4.75. The molecule has 1 saturated heterocycles. The van der Waals surface area contributed by atoms with Crippen LogP contribution in [0.2, 0.25) is 0 Å². The number of amides is 1. The van der Waals surface area contributed by atoms with Crippen LogP contribution in [0, 0.1) is 0 Å². The van der Waals surface area contributed by atoms with Gasteiger partial charge < -0.3 is 14.2 Å². The van der Waals surface area contributed by atoms with Gasteiger partial charge in [-0.25, -0.2) is 0 Å². The lowest BCUT2D eigenvalue weighted by molar-refractivity contribution is -0.139. The second-order valence-electron chi connectivity index (χ2n) is 7.25. The summed E-state index contributed by atoms with van der Waals surface area (Å²) in [5, 5.41) is 9.19. The number of thioether (sulfide) groups is 1. The van der Waals surface area contributed by atoms with Gasteiger partial charge in [0.15, 0.2) is 5.16 Å². The van der Waals surface area contributed by atoms with Gasteiger partial charge in [0, 0.05) is 25.4 Å². The fourth-order valence-electron chi connectivity index (χ4n) is 3.35. The molecule has 0 radical (unpaired) electrons. The Morgan fingerprint density at radius 2 is 2.27 bits per heavy atom. The molecule has 1 aromatic heterocycles. The Labute approximate surface area is 157 Å². The normalized spacial score (nSPS) is 19.5. The van der Waals surface area contributed by atoms with Crippen molar-refractivity contribution in [3.63, 3.8) is 0 Å². The molecule has 1 atom stereocenters. The van der Waals surface area contributed by atoms with Crippen LogP contribution in [0.3, 0.4) is 0 Å². The van der Waals surface area contributed by atoms with Gasteiger partial charge in [-0.05, 0) is 30.9 Å². The summed E-state index contributed by atoms with van der Waals surface area (Å²) in [5.74, 6) is 0.199. The lowest BCUT2D eigenvalue weighted by Crippen LogP contribution is -2.47. The Bertz CT molecular complexity index is 802. The van der Waals surface area contributed by atoms with Gasteiger partial charge in [-0.3, -0.25) is 4.79 Å². The number of aryl methyl sites for hydroxylation is 1. The molecule has 1 amide bonds. The smallest absolute Gasteiger partial charge is 0.227 e. The molecule has 26 heavy (non-hydrogen) atoms. The van der Waals surface area contributed by atoms with Crippen LogP contribution in [0.5, 0.6) is 0 Å². The molecule has 0 unspecified atom stereocenters. The molecule has 2 aromatic rings.